The first-order valence-corrected chi connectivity index (χ1v) is 6.13. The number of rotatable bonds is 1. The molecule has 1 aromatic rings. The van der Waals surface area contributed by atoms with Crippen LogP contribution in [0.4, 0.5) is 4.39 Å². The molecule has 1 heterocycles. The molecule has 1 aliphatic heterocycles. The van der Waals surface area contributed by atoms with Gasteiger partial charge in [0.15, 0.2) is 0 Å². The minimum Gasteiger partial charge on any atom is -0.343 e. The highest BCUT2D eigenvalue weighted by molar-refractivity contribution is 9.10. The van der Waals surface area contributed by atoms with Crippen molar-refractivity contribution < 1.29 is 4.39 Å². The van der Waals surface area contributed by atoms with Crippen LogP contribution in [-0.4, -0.2) is 11.9 Å². The summed E-state index contributed by atoms with van der Waals surface area (Å²) in [5.74, 6) is -0.281. The van der Waals surface area contributed by atoms with Gasteiger partial charge < -0.3 is 4.90 Å². The zero-order valence-electron chi connectivity index (χ0n) is 9.17. The standard InChI is InChI=1S/C13H10BrClFN/c1-8-11(15)5-6-13(17(8)2)10-4-3-9(14)7-12(10)16/h3-7H,1H2,2H3. The van der Waals surface area contributed by atoms with E-state index in [9.17, 15) is 4.39 Å². The molecule has 0 fully saturated rings. The molecule has 0 atom stereocenters. The molecule has 88 valence electrons. The Morgan fingerprint density at radius 2 is 2.06 bits per heavy atom. The summed E-state index contributed by atoms with van der Waals surface area (Å²) in [6.45, 7) is 3.85. The van der Waals surface area contributed by atoms with E-state index < -0.39 is 0 Å². The Hall–Kier alpha value is -1.06. The first kappa shape index (κ1) is 12.4. The van der Waals surface area contributed by atoms with E-state index in [0.29, 0.717) is 20.8 Å². The predicted octanol–water partition coefficient (Wildman–Crippen LogP) is 4.51. The van der Waals surface area contributed by atoms with Crippen LogP contribution < -0.4 is 0 Å². The fraction of sp³-hybridized carbons (Fsp3) is 0.0769. The third-order valence-electron chi connectivity index (χ3n) is 2.64. The number of allylic oxidation sites excluding steroid dienone is 3. The maximum Gasteiger partial charge on any atom is 0.133 e. The highest BCUT2D eigenvalue weighted by atomic mass is 79.9. The van der Waals surface area contributed by atoms with Crippen LogP contribution in [0.25, 0.3) is 5.70 Å². The Balaban J connectivity index is 2.51. The molecule has 1 aromatic carbocycles. The van der Waals surface area contributed by atoms with Crippen molar-refractivity contribution in [3.63, 3.8) is 0 Å². The van der Waals surface area contributed by atoms with Gasteiger partial charge in [0, 0.05) is 17.1 Å². The van der Waals surface area contributed by atoms with Gasteiger partial charge in [-0.15, -0.1) is 0 Å². The normalized spacial score (nSPS) is 15.8. The second-order valence-corrected chi connectivity index (χ2v) is 5.02. The Kier molecular flexibility index (Phi) is 3.40. The van der Waals surface area contributed by atoms with E-state index in [-0.39, 0.29) is 5.82 Å². The van der Waals surface area contributed by atoms with Gasteiger partial charge in [0.05, 0.1) is 16.4 Å². The monoisotopic (exact) mass is 313 g/mol. The van der Waals surface area contributed by atoms with E-state index in [4.69, 9.17) is 11.6 Å². The largest absolute Gasteiger partial charge is 0.343 e. The van der Waals surface area contributed by atoms with Gasteiger partial charge in [0.2, 0.25) is 0 Å². The van der Waals surface area contributed by atoms with Crippen LogP contribution in [0.15, 0.2) is 52.1 Å². The fourth-order valence-electron chi connectivity index (χ4n) is 1.63. The Morgan fingerprint density at radius 3 is 2.71 bits per heavy atom. The van der Waals surface area contributed by atoms with Crippen LogP contribution >= 0.6 is 27.5 Å². The van der Waals surface area contributed by atoms with Crippen molar-refractivity contribution in [2.75, 3.05) is 7.05 Å². The molecule has 0 saturated carbocycles. The summed E-state index contributed by atoms with van der Waals surface area (Å²) >= 11 is 9.19. The van der Waals surface area contributed by atoms with Gasteiger partial charge >= 0.3 is 0 Å². The number of benzene rings is 1. The molecule has 0 radical (unpaired) electrons. The zero-order valence-corrected chi connectivity index (χ0v) is 11.5. The molecule has 0 saturated heterocycles. The molecule has 0 N–H and O–H groups in total. The minimum absolute atomic E-state index is 0.281. The van der Waals surface area contributed by atoms with Crippen molar-refractivity contribution in [2.24, 2.45) is 0 Å². The van der Waals surface area contributed by atoms with Crippen LogP contribution in [0.3, 0.4) is 0 Å². The van der Waals surface area contributed by atoms with Crippen LogP contribution in [0.1, 0.15) is 5.56 Å². The highest BCUT2D eigenvalue weighted by Crippen LogP contribution is 2.32. The Morgan fingerprint density at radius 1 is 1.35 bits per heavy atom. The van der Waals surface area contributed by atoms with E-state index in [2.05, 4.69) is 22.5 Å². The van der Waals surface area contributed by atoms with Gasteiger partial charge in [0.25, 0.3) is 0 Å². The topological polar surface area (TPSA) is 3.24 Å². The van der Waals surface area contributed by atoms with Crippen LogP contribution in [0.5, 0.6) is 0 Å². The van der Waals surface area contributed by atoms with E-state index in [1.807, 2.05) is 7.05 Å². The highest BCUT2D eigenvalue weighted by Gasteiger charge is 2.18. The van der Waals surface area contributed by atoms with Crippen molar-refractivity contribution in [3.05, 3.63) is 63.5 Å². The molecule has 0 aromatic heterocycles. The molecule has 4 heteroatoms. The lowest BCUT2D eigenvalue weighted by atomic mass is 10.1. The van der Waals surface area contributed by atoms with Crippen molar-refractivity contribution in [1.29, 1.82) is 0 Å². The SMILES string of the molecule is C=C1C(Cl)=CC=C(c2ccc(Br)cc2F)N1C. The molecule has 0 aliphatic carbocycles. The maximum atomic E-state index is 13.9. The summed E-state index contributed by atoms with van der Waals surface area (Å²) in [7, 11) is 1.81. The molecule has 17 heavy (non-hydrogen) atoms. The van der Waals surface area contributed by atoms with Gasteiger partial charge in [-0.2, -0.15) is 0 Å². The fourth-order valence-corrected chi connectivity index (χ4v) is 2.16. The number of halogens is 3. The second kappa shape index (κ2) is 4.67. The van der Waals surface area contributed by atoms with Crippen molar-refractivity contribution in [2.45, 2.75) is 0 Å². The number of nitrogens with zero attached hydrogens (tertiary/aromatic N) is 1. The number of hydrogen-bond donors (Lipinski definition) is 0. The van der Waals surface area contributed by atoms with Crippen LogP contribution in [0.2, 0.25) is 0 Å². The van der Waals surface area contributed by atoms with Gasteiger partial charge in [-0.1, -0.05) is 34.1 Å². The molecule has 1 nitrogen and oxygen atoms in total. The lowest BCUT2D eigenvalue weighted by molar-refractivity contribution is 0.584. The number of hydrogen-bond acceptors (Lipinski definition) is 1. The van der Waals surface area contributed by atoms with Crippen LogP contribution in [0, 0.1) is 5.82 Å². The smallest absolute Gasteiger partial charge is 0.133 e. The summed E-state index contributed by atoms with van der Waals surface area (Å²) in [6, 6.07) is 4.96. The number of likely N-dealkylation sites (N-methyl/N-ethyl adjacent to an activating group) is 1. The summed E-state index contributed by atoms with van der Waals surface area (Å²) in [4.78, 5) is 1.77. The third kappa shape index (κ3) is 2.31. The van der Waals surface area contributed by atoms with Gasteiger partial charge in [-0.25, -0.2) is 4.39 Å². The lowest BCUT2D eigenvalue weighted by Gasteiger charge is -2.27. The van der Waals surface area contributed by atoms with Gasteiger partial charge in [-0.3, -0.25) is 0 Å². The summed E-state index contributed by atoms with van der Waals surface area (Å²) < 4.78 is 14.6. The minimum atomic E-state index is -0.281. The second-order valence-electron chi connectivity index (χ2n) is 3.70. The average Bonchev–Trinajstić information content (AvgIpc) is 2.28. The molecule has 0 bridgehead atoms. The maximum absolute atomic E-state index is 13.9. The van der Waals surface area contributed by atoms with E-state index >= 15 is 0 Å². The first-order chi connectivity index (χ1) is 8.00. The van der Waals surface area contributed by atoms with Crippen LogP contribution in [-0.2, 0) is 0 Å². The first-order valence-electron chi connectivity index (χ1n) is 4.96. The molecular weight excluding hydrogens is 305 g/mol. The third-order valence-corrected chi connectivity index (χ3v) is 3.47. The van der Waals surface area contributed by atoms with Crippen molar-refractivity contribution in [1.82, 2.24) is 4.90 Å². The summed E-state index contributed by atoms with van der Waals surface area (Å²) in [5.41, 5.74) is 1.92. The molecule has 0 unspecified atom stereocenters. The van der Waals surface area contributed by atoms with Gasteiger partial charge in [0.1, 0.15) is 5.82 Å². The molecule has 0 spiro atoms. The Labute approximate surface area is 113 Å². The lowest BCUT2D eigenvalue weighted by Crippen LogP contribution is -2.18. The molecular formula is C13H10BrClFN. The summed E-state index contributed by atoms with van der Waals surface area (Å²) in [5, 5.41) is 0.564. The Bertz CT molecular complexity index is 548. The summed E-state index contributed by atoms with van der Waals surface area (Å²) in [6.07, 6.45) is 3.50. The van der Waals surface area contributed by atoms with Crippen molar-refractivity contribution >= 4 is 33.2 Å². The van der Waals surface area contributed by atoms with E-state index in [0.717, 1.165) is 5.70 Å². The van der Waals surface area contributed by atoms with Gasteiger partial charge in [-0.05, 0) is 30.4 Å². The van der Waals surface area contributed by atoms with Crippen molar-refractivity contribution in [3.8, 4) is 0 Å². The molecule has 1 aliphatic rings. The zero-order chi connectivity index (χ0) is 12.6. The van der Waals surface area contributed by atoms with E-state index in [1.165, 1.54) is 6.07 Å². The van der Waals surface area contributed by atoms with E-state index in [1.54, 1.807) is 29.2 Å². The molecule has 0 amide bonds. The molecule has 2 rings (SSSR count). The average molecular weight is 315 g/mol. The predicted molar refractivity (Wildman–Crippen MR) is 72.9 cm³/mol. The quantitative estimate of drug-likeness (QED) is 0.737.